The summed E-state index contributed by atoms with van der Waals surface area (Å²) in [5, 5.41) is 21.5. The molecule has 0 atom stereocenters. The molecular formula is C20H17N5O3S. The summed E-state index contributed by atoms with van der Waals surface area (Å²) >= 11 is 1.20. The van der Waals surface area contributed by atoms with Crippen LogP contribution in [0.1, 0.15) is 5.56 Å². The van der Waals surface area contributed by atoms with E-state index in [1.54, 1.807) is 12.1 Å². The number of benzene rings is 2. The molecule has 1 N–H and O–H groups in total. The molecule has 1 fully saturated rings. The van der Waals surface area contributed by atoms with Crippen LogP contribution in [0, 0.1) is 21.4 Å². The van der Waals surface area contributed by atoms with Crippen molar-refractivity contribution >= 4 is 40.2 Å². The Balaban J connectivity index is 1.70. The number of aromatic nitrogens is 2. The minimum Gasteiger partial charge on any atom is -0.378 e. The maximum Gasteiger partial charge on any atom is 0.270 e. The zero-order chi connectivity index (χ0) is 20.2. The molecule has 0 aliphatic carbocycles. The largest absolute Gasteiger partial charge is 0.378 e. The molecule has 4 rings (SSSR count). The van der Waals surface area contributed by atoms with E-state index in [2.05, 4.69) is 20.9 Å². The Morgan fingerprint density at radius 2 is 2.10 bits per heavy atom. The van der Waals surface area contributed by atoms with Crippen molar-refractivity contribution < 1.29 is 9.66 Å². The van der Waals surface area contributed by atoms with E-state index in [0.717, 1.165) is 16.7 Å². The number of nitro benzene ring substituents is 1. The number of nitriles is 1. The molecule has 0 radical (unpaired) electrons. The number of anilines is 1. The number of para-hydroxylation sites is 2. The Morgan fingerprint density at radius 3 is 2.83 bits per heavy atom. The Morgan fingerprint density at radius 1 is 1.31 bits per heavy atom. The molecule has 2 aromatic carbocycles. The summed E-state index contributed by atoms with van der Waals surface area (Å²) in [7, 11) is 0. The van der Waals surface area contributed by atoms with Gasteiger partial charge < -0.3 is 14.6 Å². The fourth-order valence-corrected chi connectivity index (χ4v) is 3.92. The highest BCUT2D eigenvalue weighted by molar-refractivity contribution is 8.03. The van der Waals surface area contributed by atoms with Gasteiger partial charge in [-0.1, -0.05) is 12.1 Å². The Hall–Kier alpha value is -3.35. The number of rotatable bonds is 5. The Kier molecular flexibility index (Phi) is 5.46. The van der Waals surface area contributed by atoms with E-state index in [-0.39, 0.29) is 5.69 Å². The molecular weight excluding hydrogens is 390 g/mol. The van der Waals surface area contributed by atoms with Gasteiger partial charge in [0.15, 0.2) is 5.16 Å². The van der Waals surface area contributed by atoms with E-state index >= 15 is 0 Å². The van der Waals surface area contributed by atoms with E-state index in [9.17, 15) is 15.4 Å². The second-order valence-corrected chi connectivity index (χ2v) is 7.41. The van der Waals surface area contributed by atoms with Gasteiger partial charge in [0.05, 0.1) is 34.1 Å². The van der Waals surface area contributed by atoms with Crippen LogP contribution >= 0.6 is 11.8 Å². The van der Waals surface area contributed by atoms with Gasteiger partial charge in [0.25, 0.3) is 5.69 Å². The fraction of sp³-hybridized carbons (Fsp3) is 0.200. The molecule has 0 amide bonds. The highest BCUT2D eigenvalue weighted by Crippen LogP contribution is 2.32. The minimum absolute atomic E-state index is 0.0145. The minimum atomic E-state index is -0.432. The third-order valence-corrected chi connectivity index (χ3v) is 5.36. The standard InChI is InChI=1S/C20H17N5O3S/c21-13-16(29-20-22-17-3-1-2-4-18(17)23-20)12-14-11-15(25(26)27)5-6-19(14)24-7-9-28-10-8-24/h1-6,11-12H,7-10H2,(H,22,23)/b16-12+. The van der Waals surface area contributed by atoms with E-state index in [1.165, 1.54) is 23.9 Å². The highest BCUT2D eigenvalue weighted by atomic mass is 32.2. The summed E-state index contributed by atoms with van der Waals surface area (Å²) in [5.41, 5.74) is 3.16. The van der Waals surface area contributed by atoms with E-state index in [0.29, 0.717) is 41.9 Å². The number of morpholine rings is 1. The number of nitro groups is 1. The fourth-order valence-electron chi connectivity index (χ4n) is 3.17. The van der Waals surface area contributed by atoms with Crippen molar-refractivity contribution in [3.8, 4) is 6.07 Å². The number of non-ortho nitro benzene ring substituents is 1. The number of aromatic amines is 1. The Labute approximate surface area is 171 Å². The van der Waals surface area contributed by atoms with E-state index in [1.807, 2.05) is 24.3 Å². The third-order valence-electron chi connectivity index (χ3n) is 4.54. The lowest BCUT2D eigenvalue weighted by Gasteiger charge is -2.30. The molecule has 1 aromatic heterocycles. The van der Waals surface area contributed by atoms with Gasteiger partial charge in [0.1, 0.15) is 6.07 Å². The zero-order valence-electron chi connectivity index (χ0n) is 15.4. The number of allylic oxidation sites excluding steroid dienone is 1. The van der Waals surface area contributed by atoms with Crippen LogP contribution in [-0.4, -0.2) is 41.2 Å². The summed E-state index contributed by atoms with van der Waals surface area (Å²) in [4.78, 5) is 21.0. The van der Waals surface area contributed by atoms with Crippen LogP contribution in [0.25, 0.3) is 17.1 Å². The highest BCUT2D eigenvalue weighted by Gasteiger charge is 2.18. The molecule has 146 valence electrons. The number of hydrogen-bond donors (Lipinski definition) is 1. The molecule has 0 saturated carbocycles. The summed E-state index contributed by atoms with van der Waals surface area (Å²) in [6, 6.07) is 14.5. The molecule has 0 unspecified atom stereocenters. The number of H-pyrrole nitrogens is 1. The molecule has 3 aromatic rings. The van der Waals surface area contributed by atoms with Gasteiger partial charge in [-0.2, -0.15) is 5.26 Å². The summed E-state index contributed by atoms with van der Waals surface area (Å²) in [5.74, 6) is 0. The second-order valence-electron chi connectivity index (χ2n) is 6.38. The predicted octanol–water partition coefficient (Wildman–Crippen LogP) is 3.96. The quantitative estimate of drug-likeness (QED) is 0.295. The first-order valence-electron chi connectivity index (χ1n) is 8.99. The van der Waals surface area contributed by atoms with Crippen molar-refractivity contribution in [1.82, 2.24) is 9.97 Å². The number of hydrogen-bond acceptors (Lipinski definition) is 7. The average molecular weight is 407 g/mol. The zero-order valence-corrected chi connectivity index (χ0v) is 16.2. The summed E-state index contributed by atoms with van der Waals surface area (Å²) < 4.78 is 5.40. The molecule has 1 aliphatic rings. The Bertz CT molecular complexity index is 1100. The number of thioether (sulfide) groups is 1. The number of fused-ring (bicyclic) bond motifs is 1. The predicted molar refractivity (Wildman–Crippen MR) is 112 cm³/mol. The number of imidazole rings is 1. The van der Waals surface area contributed by atoms with Crippen LogP contribution in [0.4, 0.5) is 11.4 Å². The lowest BCUT2D eigenvalue weighted by molar-refractivity contribution is -0.384. The monoisotopic (exact) mass is 407 g/mol. The molecule has 2 heterocycles. The van der Waals surface area contributed by atoms with Crippen molar-refractivity contribution in [3.63, 3.8) is 0 Å². The normalized spacial score (nSPS) is 14.7. The first kappa shape index (κ1) is 19.0. The van der Waals surface area contributed by atoms with Crippen LogP contribution in [0.3, 0.4) is 0 Å². The van der Waals surface area contributed by atoms with E-state index < -0.39 is 4.92 Å². The van der Waals surface area contributed by atoms with Crippen molar-refractivity contribution in [2.45, 2.75) is 5.16 Å². The topological polar surface area (TPSA) is 108 Å². The molecule has 9 heteroatoms. The van der Waals surface area contributed by atoms with Gasteiger partial charge in [0.2, 0.25) is 0 Å². The van der Waals surface area contributed by atoms with Gasteiger partial charge in [-0.15, -0.1) is 0 Å². The molecule has 29 heavy (non-hydrogen) atoms. The van der Waals surface area contributed by atoms with Gasteiger partial charge in [-0.25, -0.2) is 4.98 Å². The number of ether oxygens (including phenoxy) is 1. The van der Waals surface area contributed by atoms with Crippen LogP contribution in [0.15, 0.2) is 52.5 Å². The maximum atomic E-state index is 11.3. The van der Waals surface area contributed by atoms with Crippen molar-refractivity contribution in [2.24, 2.45) is 0 Å². The van der Waals surface area contributed by atoms with Crippen LogP contribution < -0.4 is 4.90 Å². The smallest absolute Gasteiger partial charge is 0.270 e. The van der Waals surface area contributed by atoms with Crippen LogP contribution in [0.2, 0.25) is 0 Å². The van der Waals surface area contributed by atoms with Crippen LogP contribution in [0.5, 0.6) is 0 Å². The molecule has 8 nitrogen and oxygen atoms in total. The number of nitrogens with one attached hydrogen (secondary N) is 1. The third kappa shape index (κ3) is 4.23. The SMILES string of the molecule is N#C/C(=C\c1cc([N+](=O)[O-])ccc1N1CCOCC1)Sc1nc2ccccc2[nH]1. The van der Waals surface area contributed by atoms with Gasteiger partial charge >= 0.3 is 0 Å². The van der Waals surface area contributed by atoms with Crippen molar-refractivity contribution in [1.29, 1.82) is 5.26 Å². The first-order valence-corrected chi connectivity index (χ1v) is 9.81. The summed E-state index contributed by atoms with van der Waals surface area (Å²) in [6.45, 7) is 2.58. The molecule has 1 aliphatic heterocycles. The van der Waals surface area contributed by atoms with Crippen molar-refractivity contribution in [2.75, 3.05) is 31.2 Å². The van der Waals surface area contributed by atoms with Crippen LogP contribution in [-0.2, 0) is 4.74 Å². The lowest BCUT2D eigenvalue weighted by Crippen LogP contribution is -2.36. The lowest BCUT2D eigenvalue weighted by atomic mass is 10.1. The molecule has 0 spiro atoms. The summed E-state index contributed by atoms with van der Waals surface area (Å²) in [6.07, 6.45) is 1.68. The van der Waals surface area contributed by atoms with Gasteiger partial charge in [-0.3, -0.25) is 10.1 Å². The van der Waals surface area contributed by atoms with E-state index in [4.69, 9.17) is 4.74 Å². The first-order chi connectivity index (χ1) is 14.1. The van der Waals surface area contributed by atoms with Gasteiger partial charge in [-0.05, 0) is 36.0 Å². The van der Waals surface area contributed by atoms with Crippen molar-refractivity contribution in [3.05, 3.63) is 63.0 Å². The maximum absolute atomic E-state index is 11.3. The molecule has 1 saturated heterocycles. The number of nitrogens with zero attached hydrogens (tertiary/aromatic N) is 4. The average Bonchev–Trinajstić information content (AvgIpc) is 3.16. The van der Waals surface area contributed by atoms with Gasteiger partial charge in [0, 0.05) is 36.5 Å². The molecule has 0 bridgehead atoms. The second kappa shape index (κ2) is 8.34.